The van der Waals surface area contributed by atoms with E-state index in [0.717, 1.165) is 12.8 Å². The van der Waals surface area contributed by atoms with E-state index in [1.807, 2.05) is 49.4 Å². The van der Waals surface area contributed by atoms with Gasteiger partial charge in [-0.1, -0.05) is 57.5 Å². The molecule has 0 amide bonds. The van der Waals surface area contributed by atoms with Gasteiger partial charge in [-0.3, -0.25) is 4.57 Å². The third-order valence-electron chi connectivity index (χ3n) is 5.87. The highest BCUT2D eigenvalue weighted by Crippen LogP contribution is 2.52. The summed E-state index contributed by atoms with van der Waals surface area (Å²) in [5.41, 5.74) is 0.713. The van der Waals surface area contributed by atoms with E-state index in [1.165, 1.54) is 6.42 Å². The first-order chi connectivity index (χ1) is 12.8. The lowest BCUT2D eigenvalue weighted by Crippen LogP contribution is -2.36. The van der Waals surface area contributed by atoms with Crippen LogP contribution in [0.3, 0.4) is 0 Å². The molecule has 0 aliphatic heterocycles. The average molecular weight is 386 g/mol. The minimum Gasteiger partial charge on any atom is -0.507 e. The lowest BCUT2D eigenvalue weighted by atomic mass is 9.75. The molecule has 27 heavy (non-hydrogen) atoms. The van der Waals surface area contributed by atoms with Crippen LogP contribution in [0.4, 0.5) is 0 Å². The smallest absolute Gasteiger partial charge is 0.265 e. The molecule has 0 radical (unpaired) electrons. The summed E-state index contributed by atoms with van der Waals surface area (Å²) in [5.74, 6) is 1.48. The maximum atomic E-state index is 14.4. The first-order valence-electron chi connectivity index (χ1n) is 9.96. The number of aromatic hydroxyl groups is 1. The van der Waals surface area contributed by atoms with Crippen molar-refractivity contribution < 1.29 is 14.2 Å². The molecule has 1 aliphatic rings. The predicted octanol–water partition coefficient (Wildman–Crippen LogP) is 5.41. The summed E-state index contributed by atoms with van der Waals surface area (Å²) in [5, 5.41) is 11.8. The fourth-order valence-corrected chi connectivity index (χ4v) is 6.63. The Balaban J connectivity index is 2.08. The third kappa shape index (κ3) is 4.15. The van der Waals surface area contributed by atoms with Gasteiger partial charge in [0.1, 0.15) is 5.75 Å². The van der Waals surface area contributed by atoms with E-state index in [4.69, 9.17) is 4.52 Å². The van der Waals surface area contributed by atoms with Crippen LogP contribution in [0.2, 0.25) is 0 Å². The summed E-state index contributed by atoms with van der Waals surface area (Å²) >= 11 is 0. The normalized spacial score (nSPS) is 25.3. The number of aryl methyl sites for hydroxylation is 1. The van der Waals surface area contributed by atoms with E-state index >= 15 is 0 Å². The summed E-state index contributed by atoms with van der Waals surface area (Å²) in [7, 11) is -3.41. The Kier molecular flexibility index (Phi) is 6.13. The van der Waals surface area contributed by atoms with Crippen molar-refractivity contribution in [1.29, 1.82) is 0 Å². The van der Waals surface area contributed by atoms with Gasteiger partial charge in [0.15, 0.2) is 0 Å². The van der Waals surface area contributed by atoms with Crippen LogP contribution >= 0.6 is 7.37 Å². The molecule has 0 bridgehead atoms. The molecule has 1 N–H and O–H groups in total. The number of para-hydroxylation sites is 1. The van der Waals surface area contributed by atoms with Crippen LogP contribution < -0.4 is 10.6 Å². The van der Waals surface area contributed by atoms with Crippen molar-refractivity contribution in [2.45, 2.75) is 53.1 Å². The van der Waals surface area contributed by atoms with Crippen LogP contribution in [0.5, 0.6) is 5.75 Å². The van der Waals surface area contributed by atoms with Gasteiger partial charge in [0.05, 0.1) is 11.4 Å². The Morgan fingerprint density at radius 3 is 2.44 bits per heavy atom. The van der Waals surface area contributed by atoms with Gasteiger partial charge < -0.3 is 9.63 Å². The number of hydrogen-bond donors (Lipinski definition) is 1. The van der Waals surface area contributed by atoms with Crippen LogP contribution in [-0.2, 0) is 9.09 Å². The molecule has 1 saturated carbocycles. The topological polar surface area (TPSA) is 46.5 Å². The first kappa shape index (κ1) is 20.2. The monoisotopic (exact) mass is 386 g/mol. The van der Waals surface area contributed by atoms with Gasteiger partial charge in [-0.05, 0) is 61.3 Å². The number of phenolic OH excluding ortho intramolecular Hbond substituents is 1. The number of hydrogen-bond acceptors (Lipinski definition) is 3. The van der Waals surface area contributed by atoms with Crippen molar-refractivity contribution in [3.05, 3.63) is 54.1 Å². The molecule has 2 aromatic carbocycles. The Morgan fingerprint density at radius 2 is 1.78 bits per heavy atom. The molecule has 0 saturated heterocycles. The second kappa shape index (κ2) is 8.20. The van der Waals surface area contributed by atoms with E-state index in [0.29, 0.717) is 33.9 Å². The molecule has 1 aliphatic carbocycles. The van der Waals surface area contributed by atoms with Gasteiger partial charge in [0.2, 0.25) is 0 Å². The molecule has 0 heterocycles. The minimum absolute atomic E-state index is 0.0697. The number of rotatable bonds is 5. The molecular formula is C23H31O3P. The molecular weight excluding hydrogens is 355 g/mol. The lowest BCUT2D eigenvalue weighted by Gasteiger charge is -2.39. The van der Waals surface area contributed by atoms with Crippen LogP contribution in [0.25, 0.3) is 0 Å². The summed E-state index contributed by atoms with van der Waals surface area (Å²) in [4.78, 5) is 0. The van der Waals surface area contributed by atoms with Crippen LogP contribution in [-0.4, -0.2) is 11.2 Å². The zero-order chi connectivity index (χ0) is 19.6. The van der Waals surface area contributed by atoms with Gasteiger partial charge in [0.25, 0.3) is 7.37 Å². The van der Waals surface area contributed by atoms with Crippen molar-refractivity contribution in [2.75, 3.05) is 0 Å². The second-order valence-electron chi connectivity index (χ2n) is 8.30. The zero-order valence-electron chi connectivity index (χ0n) is 16.8. The quantitative estimate of drug-likeness (QED) is 0.699. The van der Waals surface area contributed by atoms with Gasteiger partial charge in [-0.15, -0.1) is 0 Å². The largest absolute Gasteiger partial charge is 0.507 e. The highest BCUT2D eigenvalue weighted by Gasteiger charge is 2.40. The molecule has 3 rings (SSSR count). The minimum atomic E-state index is -3.41. The zero-order valence-corrected chi connectivity index (χ0v) is 17.7. The summed E-state index contributed by atoms with van der Waals surface area (Å²) in [6.07, 6.45) is 3.12. The molecule has 4 atom stereocenters. The van der Waals surface area contributed by atoms with Crippen molar-refractivity contribution in [3.63, 3.8) is 0 Å². The van der Waals surface area contributed by atoms with E-state index in [1.54, 1.807) is 6.07 Å². The van der Waals surface area contributed by atoms with Gasteiger partial charge >= 0.3 is 0 Å². The third-order valence-corrected chi connectivity index (χ3v) is 8.42. The van der Waals surface area contributed by atoms with E-state index in [9.17, 15) is 9.67 Å². The number of phenols is 1. The summed E-state index contributed by atoms with van der Waals surface area (Å²) in [6.45, 7) is 8.50. The fraction of sp³-hybridized carbons (Fsp3) is 0.478. The van der Waals surface area contributed by atoms with Crippen LogP contribution in [0.15, 0.2) is 48.5 Å². The van der Waals surface area contributed by atoms with E-state index in [-0.39, 0.29) is 11.9 Å². The standard InChI is InChI=1S/C23H31O3P/c1-16(2)20-14-13-17(3)15-21(20)26-27(25,19-10-6-5-7-11-19)22-12-8-9-18(4)23(22)24/h5-12,16-17,20-21,24H,13-15H2,1-4H3/t17-,20+,21-,27-/m1/s1. The molecule has 3 nitrogen and oxygen atoms in total. The van der Waals surface area contributed by atoms with E-state index in [2.05, 4.69) is 20.8 Å². The summed E-state index contributed by atoms with van der Waals surface area (Å²) in [6, 6.07) is 14.8. The van der Waals surface area contributed by atoms with Crippen molar-refractivity contribution in [2.24, 2.45) is 17.8 Å². The maximum absolute atomic E-state index is 14.4. The predicted molar refractivity (Wildman–Crippen MR) is 112 cm³/mol. The Bertz CT molecular complexity index is 816. The van der Waals surface area contributed by atoms with Crippen molar-refractivity contribution in [3.8, 4) is 5.75 Å². The molecule has 1 fully saturated rings. The molecule has 0 spiro atoms. The highest BCUT2D eigenvalue weighted by atomic mass is 31.2. The average Bonchev–Trinajstić information content (AvgIpc) is 2.64. The van der Waals surface area contributed by atoms with Gasteiger partial charge in [-0.2, -0.15) is 0 Å². The number of benzene rings is 2. The van der Waals surface area contributed by atoms with Gasteiger partial charge in [0, 0.05) is 5.30 Å². The van der Waals surface area contributed by atoms with Crippen molar-refractivity contribution in [1.82, 2.24) is 0 Å². The Morgan fingerprint density at radius 1 is 1.07 bits per heavy atom. The van der Waals surface area contributed by atoms with Crippen molar-refractivity contribution >= 4 is 18.0 Å². The maximum Gasteiger partial charge on any atom is 0.265 e. The van der Waals surface area contributed by atoms with Gasteiger partial charge in [-0.25, -0.2) is 0 Å². The highest BCUT2D eigenvalue weighted by molar-refractivity contribution is 7.74. The SMILES string of the molecule is Cc1cccc([P@](=O)(O[C@@H]2C[C@H](C)CC[C@H]2C(C)C)c2ccccc2)c1O. The first-order valence-corrected chi connectivity index (χ1v) is 11.6. The molecule has 2 aromatic rings. The van der Waals surface area contributed by atoms with E-state index < -0.39 is 7.37 Å². The summed E-state index contributed by atoms with van der Waals surface area (Å²) < 4.78 is 20.9. The second-order valence-corrected chi connectivity index (χ2v) is 10.6. The molecule has 4 heteroatoms. The van der Waals surface area contributed by atoms with Crippen LogP contribution in [0, 0.1) is 24.7 Å². The molecule has 0 unspecified atom stereocenters. The fourth-order valence-electron chi connectivity index (χ4n) is 4.19. The lowest BCUT2D eigenvalue weighted by molar-refractivity contribution is 0.0514. The Hall–Kier alpha value is -1.57. The molecule has 0 aromatic heterocycles. The molecule has 146 valence electrons. The van der Waals surface area contributed by atoms with Crippen LogP contribution in [0.1, 0.15) is 45.6 Å². The Labute approximate surface area is 163 Å².